The second kappa shape index (κ2) is 10.9. The molecule has 1 rings (SSSR count). The average molecular weight is 296 g/mol. The Bertz CT molecular complexity index is 229. The molecule has 0 spiro atoms. The van der Waals surface area contributed by atoms with E-state index in [1.807, 2.05) is 0 Å². The van der Waals surface area contributed by atoms with E-state index in [2.05, 4.69) is 23.6 Å². The van der Waals surface area contributed by atoms with E-state index in [1.165, 1.54) is 38.1 Å². The highest BCUT2D eigenvalue weighted by atomic mass is 35.5. The number of hydrogen-bond donors (Lipinski definition) is 1. The van der Waals surface area contributed by atoms with Gasteiger partial charge in [-0.1, -0.05) is 13.3 Å². The van der Waals surface area contributed by atoms with Gasteiger partial charge in [0.25, 0.3) is 0 Å². The quantitative estimate of drug-likeness (QED) is 0.732. The van der Waals surface area contributed by atoms with Crippen LogP contribution >= 0.6 is 24.2 Å². The Balaban J connectivity index is 0.00000289. The molecular formula is C13H26ClNO2S. The van der Waals surface area contributed by atoms with Gasteiger partial charge in [-0.25, -0.2) is 0 Å². The summed E-state index contributed by atoms with van der Waals surface area (Å²) in [5.41, 5.74) is 0. The van der Waals surface area contributed by atoms with Crippen LogP contribution in [0.3, 0.4) is 0 Å². The molecule has 0 aromatic heterocycles. The summed E-state index contributed by atoms with van der Waals surface area (Å²) in [6.07, 6.45) is 6.17. The van der Waals surface area contributed by atoms with Gasteiger partial charge in [-0.15, -0.1) is 12.4 Å². The van der Waals surface area contributed by atoms with Gasteiger partial charge in [0.15, 0.2) is 0 Å². The fourth-order valence-electron chi connectivity index (χ4n) is 2.36. The Kier molecular flexibility index (Phi) is 11.0. The van der Waals surface area contributed by atoms with Crippen molar-refractivity contribution in [2.75, 3.05) is 25.4 Å². The average Bonchev–Trinajstić information content (AvgIpc) is 2.50. The van der Waals surface area contributed by atoms with Gasteiger partial charge in [-0.05, 0) is 44.5 Å². The molecule has 18 heavy (non-hydrogen) atoms. The van der Waals surface area contributed by atoms with E-state index >= 15 is 0 Å². The van der Waals surface area contributed by atoms with Gasteiger partial charge >= 0.3 is 5.97 Å². The summed E-state index contributed by atoms with van der Waals surface area (Å²) in [5.74, 6) is 0.539. The summed E-state index contributed by atoms with van der Waals surface area (Å²) in [7, 11) is 0. The second-order valence-corrected chi connectivity index (χ2v) is 6.30. The number of hydrogen-bond acceptors (Lipinski definition) is 3. The number of unbranched alkanes of at least 4 members (excludes halogenated alkanes) is 1. The number of halogens is 1. The van der Waals surface area contributed by atoms with Gasteiger partial charge in [0.2, 0.25) is 0 Å². The zero-order valence-corrected chi connectivity index (χ0v) is 12.9. The van der Waals surface area contributed by atoms with E-state index in [-0.39, 0.29) is 12.4 Å². The summed E-state index contributed by atoms with van der Waals surface area (Å²) in [5, 5.41) is 9.38. The summed E-state index contributed by atoms with van der Waals surface area (Å²) in [4.78, 5) is 13.0. The lowest BCUT2D eigenvalue weighted by Crippen LogP contribution is -2.30. The van der Waals surface area contributed by atoms with Crippen LogP contribution in [0.4, 0.5) is 0 Å². The van der Waals surface area contributed by atoms with Gasteiger partial charge in [0, 0.05) is 18.2 Å². The molecule has 1 aliphatic rings. The number of thioether (sulfide) groups is 1. The number of carboxylic acid groups (broad SMARTS) is 1. The number of likely N-dealkylation sites (tertiary alicyclic amines) is 1. The maximum absolute atomic E-state index is 10.4. The normalized spacial score (nSPS) is 21.1. The van der Waals surface area contributed by atoms with Crippen molar-refractivity contribution in [1.82, 2.24) is 4.90 Å². The summed E-state index contributed by atoms with van der Waals surface area (Å²) < 4.78 is 0. The smallest absolute Gasteiger partial charge is 0.303 e. The number of rotatable bonds is 7. The molecule has 0 amide bonds. The minimum atomic E-state index is -0.666. The molecule has 1 heterocycles. The Morgan fingerprint density at radius 1 is 1.39 bits per heavy atom. The molecular weight excluding hydrogens is 270 g/mol. The Morgan fingerprint density at radius 2 is 2.17 bits per heavy atom. The van der Waals surface area contributed by atoms with Crippen molar-refractivity contribution in [3.05, 3.63) is 0 Å². The van der Waals surface area contributed by atoms with Crippen LogP contribution in [-0.2, 0) is 4.79 Å². The maximum atomic E-state index is 10.4. The van der Waals surface area contributed by atoms with Crippen LogP contribution in [0, 0.1) is 0 Å². The van der Waals surface area contributed by atoms with E-state index < -0.39 is 5.97 Å². The zero-order valence-electron chi connectivity index (χ0n) is 11.3. The molecule has 1 saturated heterocycles. The highest BCUT2D eigenvalue weighted by Gasteiger charge is 2.17. The molecule has 0 aromatic rings. The van der Waals surface area contributed by atoms with Crippen LogP contribution in [0.1, 0.15) is 45.4 Å². The van der Waals surface area contributed by atoms with E-state index in [9.17, 15) is 4.79 Å². The van der Waals surface area contributed by atoms with Crippen LogP contribution in [0.2, 0.25) is 0 Å². The summed E-state index contributed by atoms with van der Waals surface area (Å²) in [6.45, 7) is 5.71. The maximum Gasteiger partial charge on any atom is 0.303 e. The molecule has 108 valence electrons. The Hall–Kier alpha value is 0.0700. The van der Waals surface area contributed by atoms with Crippen LogP contribution in [-0.4, -0.2) is 46.6 Å². The van der Waals surface area contributed by atoms with Gasteiger partial charge in [0.1, 0.15) is 0 Å². The van der Waals surface area contributed by atoms with Crippen molar-refractivity contribution in [3.63, 3.8) is 0 Å². The zero-order chi connectivity index (χ0) is 12.5. The number of carboxylic acids is 1. The molecule has 1 fully saturated rings. The lowest BCUT2D eigenvalue weighted by Gasteiger charge is -2.23. The third kappa shape index (κ3) is 8.22. The monoisotopic (exact) mass is 295 g/mol. The minimum absolute atomic E-state index is 0. The van der Waals surface area contributed by atoms with E-state index in [0.29, 0.717) is 6.42 Å². The van der Waals surface area contributed by atoms with Crippen LogP contribution < -0.4 is 0 Å². The molecule has 0 aromatic carbocycles. The minimum Gasteiger partial charge on any atom is -0.481 e. The predicted molar refractivity (Wildman–Crippen MR) is 80.9 cm³/mol. The SMILES string of the molecule is CCSC1CCCCN(CCCCC(=O)O)C1.Cl. The van der Waals surface area contributed by atoms with Crippen molar-refractivity contribution in [2.24, 2.45) is 0 Å². The fraction of sp³-hybridized carbons (Fsp3) is 0.923. The van der Waals surface area contributed by atoms with Crippen LogP contribution in [0.15, 0.2) is 0 Å². The molecule has 0 aliphatic carbocycles. The van der Waals surface area contributed by atoms with Crippen molar-refractivity contribution in [3.8, 4) is 0 Å². The molecule has 0 radical (unpaired) electrons. The van der Waals surface area contributed by atoms with Crippen LogP contribution in [0.5, 0.6) is 0 Å². The molecule has 1 aliphatic heterocycles. The van der Waals surface area contributed by atoms with Gasteiger partial charge in [-0.3, -0.25) is 4.79 Å². The topological polar surface area (TPSA) is 40.5 Å². The molecule has 0 saturated carbocycles. The highest BCUT2D eigenvalue weighted by molar-refractivity contribution is 7.99. The van der Waals surface area contributed by atoms with Crippen molar-refractivity contribution in [2.45, 2.75) is 50.7 Å². The van der Waals surface area contributed by atoms with Crippen molar-refractivity contribution >= 4 is 30.1 Å². The molecule has 5 heteroatoms. The molecule has 1 atom stereocenters. The third-order valence-corrected chi connectivity index (χ3v) is 4.42. The van der Waals surface area contributed by atoms with E-state index in [4.69, 9.17) is 5.11 Å². The first-order valence-electron chi connectivity index (χ1n) is 6.78. The molecule has 3 nitrogen and oxygen atoms in total. The van der Waals surface area contributed by atoms with Gasteiger partial charge < -0.3 is 10.0 Å². The molecule has 1 N–H and O–H groups in total. The summed E-state index contributed by atoms with van der Waals surface area (Å²) in [6, 6.07) is 0. The first kappa shape index (κ1) is 18.1. The van der Waals surface area contributed by atoms with E-state index in [1.54, 1.807) is 0 Å². The number of aliphatic carboxylic acids is 1. The standard InChI is InChI=1S/C13H25NO2S.ClH/c1-2-17-12-7-3-5-9-14(11-12)10-6-4-8-13(15)16;/h12H,2-11H2,1H3,(H,15,16);1H. The van der Waals surface area contributed by atoms with Gasteiger partial charge in [-0.2, -0.15) is 11.8 Å². The first-order chi connectivity index (χ1) is 8.22. The summed E-state index contributed by atoms with van der Waals surface area (Å²) >= 11 is 2.08. The van der Waals surface area contributed by atoms with E-state index in [0.717, 1.165) is 24.6 Å². The Morgan fingerprint density at radius 3 is 2.83 bits per heavy atom. The van der Waals surface area contributed by atoms with Crippen molar-refractivity contribution in [1.29, 1.82) is 0 Å². The van der Waals surface area contributed by atoms with Crippen molar-refractivity contribution < 1.29 is 9.90 Å². The van der Waals surface area contributed by atoms with Crippen LogP contribution in [0.25, 0.3) is 0 Å². The lowest BCUT2D eigenvalue weighted by molar-refractivity contribution is -0.137. The predicted octanol–water partition coefficient (Wildman–Crippen LogP) is 3.27. The van der Waals surface area contributed by atoms with Gasteiger partial charge in [0.05, 0.1) is 0 Å². The lowest BCUT2D eigenvalue weighted by atomic mass is 10.2. The highest BCUT2D eigenvalue weighted by Crippen LogP contribution is 2.22. The second-order valence-electron chi connectivity index (χ2n) is 4.72. The number of carbonyl (C=O) groups is 1. The fourth-order valence-corrected chi connectivity index (χ4v) is 3.49. The molecule has 1 unspecified atom stereocenters. The third-order valence-electron chi connectivity index (χ3n) is 3.23. The first-order valence-corrected chi connectivity index (χ1v) is 7.83. The largest absolute Gasteiger partial charge is 0.481 e. The Labute approximate surface area is 121 Å². The molecule has 0 bridgehead atoms. The number of nitrogens with zero attached hydrogens (tertiary/aromatic N) is 1.